The van der Waals surface area contributed by atoms with Crippen LogP contribution in [0.2, 0.25) is 0 Å². The van der Waals surface area contributed by atoms with Gasteiger partial charge in [-0.1, -0.05) is 55.4 Å². The van der Waals surface area contributed by atoms with Gasteiger partial charge < -0.3 is 0 Å². The number of carbonyl (C=O) groups excluding carboxylic acids is 3. The van der Waals surface area contributed by atoms with E-state index in [1.807, 2.05) is 41.5 Å². The van der Waals surface area contributed by atoms with Gasteiger partial charge in [0.25, 0.3) is 0 Å². The Bertz CT molecular complexity index is 375. The summed E-state index contributed by atoms with van der Waals surface area (Å²) < 4.78 is 0. The van der Waals surface area contributed by atoms with E-state index < -0.39 is 0 Å². The molecule has 1 aliphatic heterocycles. The van der Waals surface area contributed by atoms with E-state index >= 15 is 0 Å². The predicted molar refractivity (Wildman–Crippen MR) is 101 cm³/mol. The van der Waals surface area contributed by atoms with Crippen molar-refractivity contribution >= 4 is 23.4 Å². The van der Waals surface area contributed by atoms with Gasteiger partial charge in [0, 0.05) is 37.4 Å². The average molecular weight is 344 g/mol. The van der Waals surface area contributed by atoms with Gasteiger partial charge in [-0.25, -0.2) is 5.43 Å². The molecule has 0 spiro atoms. The minimum Gasteiger partial charge on any atom is -0.282 e. The maximum atomic E-state index is 11.3. The molecule has 1 heterocycles. The molecule has 6 heteroatoms. The van der Waals surface area contributed by atoms with Crippen molar-refractivity contribution in [1.29, 1.82) is 0 Å². The molecule has 0 aromatic rings. The van der Waals surface area contributed by atoms with E-state index in [1.165, 1.54) is 4.90 Å². The maximum absolute atomic E-state index is 11.3. The van der Waals surface area contributed by atoms with Crippen molar-refractivity contribution < 1.29 is 14.4 Å². The molecule has 1 saturated heterocycles. The molecule has 0 saturated carbocycles. The third-order valence-corrected chi connectivity index (χ3v) is 2.73. The molecule has 0 bridgehead atoms. The third kappa shape index (κ3) is 11.8. The van der Waals surface area contributed by atoms with Gasteiger partial charge in [-0.15, -0.1) is 0 Å². The van der Waals surface area contributed by atoms with Crippen molar-refractivity contribution in [3.05, 3.63) is 0 Å². The zero-order valence-corrected chi connectivity index (χ0v) is 17.0. The van der Waals surface area contributed by atoms with Gasteiger partial charge in [-0.3, -0.25) is 19.3 Å². The summed E-state index contributed by atoms with van der Waals surface area (Å²) in [4.78, 5) is 35.2. The fourth-order valence-corrected chi connectivity index (χ4v) is 1.48. The summed E-state index contributed by atoms with van der Waals surface area (Å²) in [6.45, 7) is 17.7. The largest absolute Gasteiger partial charge is 0.282 e. The molecule has 0 unspecified atom stereocenters. The zero-order chi connectivity index (χ0) is 19.7. The molecular weight excluding hydrogens is 306 g/mol. The van der Waals surface area contributed by atoms with Crippen LogP contribution >= 0.6 is 0 Å². The van der Waals surface area contributed by atoms with Gasteiger partial charge in [0.05, 0.1) is 0 Å². The topological polar surface area (TPSA) is 78.8 Å². The van der Waals surface area contributed by atoms with Crippen molar-refractivity contribution in [3.8, 4) is 0 Å². The van der Waals surface area contributed by atoms with Crippen LogP contribution in [0, 0.1) is 5.92 Å². The molecule has 0 aromatic heterocycles. The van der Waals surface area contributed by atoms with Crippen LogP contribution < -0.4 is 5.43 Å². The molecule has 0 aromatic carbocycles. The smallest absolute Gasteiger partial charge is 0.242 e. The standard InChI is InChI=1S/C12H19N3O3.3C2H6/c1-8(2)12(18)14-13-9(3)6-7-15-10(16)4-5-11(15)17;3*1-2/h8H,4-7H2,1-3H3,(H,14,18);3*1-2H3/b13-9+;;;. The molecule has 1 rings (SSSR count). The zero-order valence-electron chi connectivity index (χ0n) is 17.0. The van der Waals surface area contributed by atoms with Crippen molar-refractivity contribution in [3.63, 3.8) is 0 Å². The third-order valence-electron chi connectivity index (χ3n) is 2.73. The second-order valence-corrected chi connectivity index (χ2v) is 4.67. The van der Waals surface area contributed by atoms with Crippen LogP contribution in [0.1, 0.15) is 81.6 Å². The van der Waals surface area contributed by atoms with Crippen LogP contribution in [-0.2, 0) is 14.4 Å². The number of imide groups is 1. The Morgan fingerprint density at radius 1 is 1.04 bits per heavy atom. The lowest BCUT2D eigenvalue weighted by Gasteiger charge is -2.13. The van der Waals surface area contributed by atoms with E-state index in [4.69, 9.17) is 0 Å². The first-order valence-electron chi connectivity index (χ1n) is 9.08. The summed E-state index contributed by atoms with van der Waals surface area (Å²) in [6.07, 6.45) is 1.09. The van der Waals surface area contributed by atoms with Crippen LogP contribution in [0.4, 0.5) is 0 Å². The molecule has 3 amide bonds. The number of nitrogens with zero attached hydrogens (tertiary/aromatic N) is 2. The van der Waals surface area contributed by atoms with Crippen molar-refractivity contribution in [2.24, 2.45) is 11.0 Å². The van der Waals surface area contributed by atoms with E-state index in [0.29, 0.717) is 31.5 Å². The molecule has 1 fully saturated rings. The Labute approximate surface area is 148 Å². The molecule has 1 aliphatic rings. The number of likely N-dealkylation sites (tertiary alicyclic amines) is 1. The van der Waals surface area contributed by atoms with Gasteiger partial charge in [0.1, 0.15) is 0 Å². The minimum absolute atomic E-state index is 0.122. The van der Waals surface area contributed by atoms with Crippen molar-refractivity contribution in [1.82, 2.24) is 10.3 Å². The maximum Gasteiger partial charge on any atom is 0.242 e. The normalized spacial score (nSPS) is 13.2. The van der Waals surface area contributed by atoms with Gasteiger partial charge >= 0.3 is 0 Å². The minimum atomic E-state index is -0.150. The Balaban J connectivity index is -0.000000659. The highest BCUT2D eigenvalue weighted by Crippen LogP contribution is 2.11. The number of hydrogen-bond acceptors (Lipinski definition) is 4. The van der Waals surface area contributed by atoms with E-state index in [0.717, 1.165) is 0 Å². The van der Waals surface area contributed by atoms with E-state index in [1.54, 1.807) is 20.8 Å². The lowest BCUT2D eigenvalue weighted by molar-refractivity contribution is -0.138. The fourth-order valence-electron chi connectivity index (χ4n) is 1.48. The first-order chi connectivity index (χ1) is 11.4. The van der Waals surface area contributed by atoms with Crippen LogP contribution in [0.15, 0.2) is 5.10 Å². The van der Waals surface area contributed by atoms with Gasteiger partial charge in [0.15, 0.2) is 0 Å². The van der Waals surface area contributed by atoms with Crippen LogP contribution in [-0.4, -0.2) is 34.9 Å². The summed E-state index contributed by atoms with van der Waals surface area (Å²) in [5.74, 6) is -0.524. The highest BCUT2D eigenvalue weighted by molar-refractivity contribution is 6.02. The van der Waals surface area contributed by atoms with Crippen molar-refractivity contribution in [2.45, 2.75) is 81.6 Å². The summed E-state index contributed by atoms with van der Waals surface area (Å²) in [6, 6.07) is 0. The average Bonchev–Trinajstić information content (AvgIpc) is 2.94. The van der Waals surface area contributed by atoms with Crippen molar-refractivity contribution in [2.75, 3.05) is 6.54 Å². The van der Waals surface area contributed by atoms with Gasteiger partial charge in [0.2, 0.25) is 17.7 Å². The van der Waals surface area contributed by atoms with Gasteiger partial charge in [-0.2, -0.15) is 5.10 Å². The molecule has 142 valence electrons. The summed E-state index contributed by atoms with van der Waals surface area (Å²) >= 11 is 0. The summed E-state index contributed by atoms with van der Waals surface area (Å²) in [5.41, 5.74) is 3.13. The second kappa shape index (κ2) is 17.6. The molecule has 1 N–H and O–H groups in total. The number of hydrazone groups is 1. The number of carbonyl (C=O) groups is 3. The van der Waals surface area contributed by atoms with Crippen LogP contribution in [0.3, 0.4) is 0 Å². The van der Waals surface area contributed by atoms with Crippen LogP contribution in [0.25, 0.3) is 0 Å². The molecule has 0 atom stereocenters. The van der Waals surface area contributed by atoms with E-state index in [-0.39, 0.29) is 23.6 Å². The Morgan fingerprint density at radius 2 is 1.46 bits per heavy atom. The molecule has 0 radical (unpaired) electrons. The monoisotopic (exact) mass is 343 g/mol. The molecular formula is C18H37N3O3. The fraction of sp³-hybridized carbons (Fsp3) is 0.778. The number of hydrogen-bond donors (Lipinski definition) is 1. The quantitative estimate of drug-likeness (QED) is 0.469. The number of rotatable bonds is 5. The first kappa shape index (κ1) is 27.1. The lowest BCUT2D eigenvalue weighted by Crippen LogP contribution is -2.31. The summed E-state index contributed by atoms with van der Waals surface area (Å²) in [7, 11) is 0. The van der Waals surface area contributed by atoms with E-state index in [9.17, 15) is 14.4 Å². The Kier molecular flexibility index (Phi) is 19.9. The molecule has 0 aliphatic carbocycles. The molecule has 6 nitrogen and oxygen atoms in total. The van der Waals surface area contributed by atoms with Gasteiger partial charge in [-0.05, 0) is 6.92 Å². The highest BCUT2D eigenvalue weighted by Gasteiger charge is 2.28. The number of nitrogens with one attached hydrogen (secondary N) is 1. The Hall–Kier alpha value is -1.72. The highest BCUT2D eigenvalue weighted by atomic mass is 16.2. The summed E-state index contributed by atoms with van der Waals surface area (Å²) in [5, 5.41) is 3.92. The lowest BCUT2D eigenvalue weighted by atomic mass is 10.2. The second-order valence-electron chi connectivity index (χ2n) is 4.67. The van der Waals surface area contributed by atoms with E-state index in [2.05, 4.69) is 10.5 Å². The SMILES string of the molecule is C/C(CCN1C(=O)CCC1=O)=N\NC(=O)C(C)C.CC.CC.CC. The number of amides is 3. The Morgan fingerprint density at radius 3 is 1.83 bits per heavy atom. The predicted octanol–water partition coefficient (Wildman–Crippen LogP) is 3.75. The first-order valence-corrected chi connectivity index (χ1v) is 9.08. The molecule has 24 heavy (non-hydrogen) atoms. The van der Waals surface area contributed by atoms with Crippen LogP contribution in [0.5, 0.6) is 0 Å².